The normalized spacial score (nSPS) is 22.1. The number of amides is 1. The van der Waals surface area contributed by atoms with Gasteiger partial charge in [-0.1, -0.05) is 29.8 Å². The Morgan fingerprint density at radius 2 is 1.95 bits per heavy atom. The van der Waals surface area contributed by atoms with Crippen LogP contribution in [0.15, 0.2) is 34.9 Å². The summed E-state index contributed by atoms with van der Waals surface area (Å²) in [4.78, 5) is 18.6. The Morgan fingerprint density at radius 3 is 2.55 bits per heavy atom. The van der Waals surface area contributed by atoms with Crippen LogP contribution in [0, 0.1) is 5.41 Å². The molecular weight excluding hydrogens is 574 g/mol. The summed E-state index contributed by atoms with van der Waals surface area (Å²) >= 11 is 3.68. The van der Waals surface area contributed by atoms with Crippen LogP contribution in [0.1, 0.15) is 69.4 Å². The van der Waals surface area contributed by atoms with Gasteiger partial charge in [0.05, 0.1) is 42.8 Å². The second-order valence-corrected chi connectivity index (χ2v) is 12.9. The summed E-state index contributed by atoms with van der Waals surface area (Å²) in [6.45, 7) is 10.1. The van der Waals surface area contributed by atoms with Crippen molar-refractivity contribution in [3.63, 3.8) is 0 Å². The smallest absolute Gasteiger partial charge is 0.407 e. The molecule has 4 atom stereocenters. The molecular formula is C31H40BrN3O5. The number of hydrogen-bond donors (Lipinski definition) is 2. The number of piperidine rings is 1. The number of aliphatic hydroxyl groups is 1. The quantitative estimate of drug-likeness (QED) is 0.306. The largest absolute Gasteiger partial charge is 0.465 e. The molecule has 0 radical (unpaired) electrons. The first kappa shape index (κ1) is 29.0. The SMILES string of the molecule is CCn1c(-c2cc([C@H]3C[C@H]4COC[C@@H](C3)N4C(=O)O)cnc2[C@H](C)OC)c(CC(C)(C)CO)c2cc(Br)ccc21. The van der Waals surface area contributed by atoms with Gasteiger partial charge in [-0.15, -0.1) is 0 Å². The number of halogens is 1. The van der Waals surface area contributed by atoms with Crippen molar-refractivity contribution in [2.75, 3.05) is 26.9 Å². The van der Waals surface area contributed by atoms with Gasteiger partial charge in [-0.05, 0) is 79.8 Å². The highest BCUT2D eigenvalue weighted by Gasteiger charge is 2.42. The Hall–Kier alpha value is -2.46. The summed E-state index contributed by atoms with van der Waals surface area (Å²) < 4.78 is 14.9. The van der Waals surface area contributed by atoms with Gasteiger partial charge in [-0.3, -0.25) is 9.88 Å². The van der Waals surface area contributed by atoms with E-state index in [9.17, 15) is 15.0 Å². The monoisotopic (exact) mass is 613 g/mol. The molecule has 0 saturated carbocycles. The fourth-order valence-corrected chi connectivity index (χ4v) is 6.95. The third-order valence-electron chi connectivity index (χ3n) is 8.68. The Labute approximate surface area is 244 Å². The predicted molar refractivity (Wildman–Crippen MR) is 159 cm³/mol. The fourth-order valence-electron chi connectivity index (χ4n) is 6.59. The van der Waals surface area contributed by atoms with Crippen LogP contribution in [-0.2, 0) is 22.4 Å². The van der Waals surface area contributed by atoms with Crippen molar-refractivity contribution in [1.82, 2.24) is 14.5 Å². The highest BCUT2D eigenvalue weighted by molar-refractivity contribution is 9.10. The van der Waals surface area contributed by atoms with Gasteiger partial charge in [-0.2, -0.15) is 0 Å². The van der Waals surface area contributed by atoms with Crippen molar-refractivity contribution >= 4 is 32.9 Å². The van der Waals surface area contributed by atoms with Crippen LogP contribution in [-0.4, -0.2) is 69.8 Å². The van der Waals surface area contributed by atoms with Gasteiger partial charge in [-0.25, -0.2) is 4.79 Å². The average molecular weight is 615 g/mol. The molecule has 1 amide bonds. The topological polar surface area (TPSA) is 97.1 Å². The molecule has 0 aliphatic carbocycles. The van der Waals surface area contributed by atoms with E-state index in [4.69, 9.17) is 14.5 Å². The van der Waals surface area contributed by atoms with E-state index in [0.717, 1.165) is 44.4 Å². The number of ether oxygens (including phenoxy) is 2. The molecule has 5 rings (SSSR count). The maximum Gasteiger partial charge on any atom is 0.407 e. The van der Waals surface area contributed by atoms with Gasteiger partial charge < -0.3 is 24.3 Å². The van der Waals surface area contributed by atoms with Crippen molar-refractivity contribution in [1.29, 1.82) is 0 Å². The number of aromatic nitrogens is 2. The number of pyridine rings is 1. The summed E-state index contributed by atoms with van der Waals surface area (Å²) in [5.74, 6) is 0.179. The second kappa shape index (κ2) is 11.4. The van der Waals surface area contributed by atoms with Crippen LogP contribution in [0.2, 0.25) is 0 Å². The minimum Gasteiger partial charge on any atom is -0.465 e. The highest BCUT2D eigenvalue weighted by atomic mass is 79.9. The Bertz CT molecular complexity index is 1390. The highest BCUT2D eigenvalue weighted by Crippen LogP contribution is 2.44. The van der Waals surface area contributed by atoms with E-state index in [1.807, 2.05) is 13.1 Å². The standard InChI is InChI=1S/C31H40BrN3O5/c1-6-34-27-8-7-21(32)12-24(27)26(13-31(3,4)17-36)29(34)25-11-20(14-33-28(25)18(2)39-5)19-9-22-15-40-16-23(10-19)35(22)30(37)38/h7-8,11-12,14,18-19,22-23,36H,6,9-10,13,15-17H2,1-5H3,(H,37,38)/t18-,19-,22-,23+/m0/s1. The van der Waals surface area contributed by atoms with Gasteiger partial charge in [0.25, 0.3) is 0 Å². The van der Waals surface area contributed by atoms with E-state index < -0.39 is 6.09 Å². The molecule has 2 saturated heterocycles. The number of aryl methyl sites for hydroxylation is 1. The number of carbonyl (C=O) groups is 1. The zero-order valence-corrected chi connectivity index (χ0v) is 25.6. The third-order valence-corrected chi connectivity index (χ3v) is 9.17. The van der Waals surface area contributed by atoms with Gasteiger partial charge in [0.2, 0.25) is 0 Å². The number of methoxy groups -OCH3 is 1. The predicted octanol–water partition coefficient (Wildman–Crippen LogP) is 6.38. The lowest BCUT2D eigenvalue weighted by atomic mass is 9.80. The zero-order chi connectivity index (χ0) is 28.8. The van der Waals surface area contributed by atoms with Gasteiger partial charge in [0.15, 0.2) is 0 Å². The molecule has 40 heavy (non-hydrogen) atoms. The molecule has 2 fully saturated rings. The molecule has 2 aliphatic rings. The van der Waals surface area contributed by atoms with Crippen molar-refractivity contribution < 1.29 is 24.5 Å². The maximum absolute atomic E-state index is 12.0. The molecule has 4 heterocycles. The minimum absolute atomic E-state index is 0.0753. The van der Waals surface area contributed by atoms with E-state index in [0.29, 0.717) is 32.5 Å². The van der Waals surface area contributed by atoms with E-state index in [2.05, 4.69) is 65.5 Å². The van der Waals surface area contributed by atoms with Crippen LogP contribution < -0.4 is 0 Å². The number of benzene rings is 1. The van der Waals surface area contributed by atoms with Crippen LogP contribution in [0.4, 0.5) is 4.79 Å². The number of morpholine rings is 1. The number of fused-ring (bicyclic) bond motifs is 3. The van der Waals surface area contributed by atoms with Crippen molar-refractivity contribution in [2.45, 2.75) is 77.6 Å². The molecule has 2 bridgehead atoms. The first-order valence-corrected chi connectivity index (χ1v) is 14.9. The Kier molecular flexibility index (Phi) is 8.30. The number of rotatable bonds is 8. The molecule has 8 nitrogen and oxygen atoms in total. The Balaban J connectivity index is 1.70. The summed E-state index contributed by atoms with van der Waals surface area (Å²) in [5, 5.41) is 21.2. The summed E-state index contributed by atoms with van der Waals surface area (Å²) in [5.41, 5.74) is 6.15. The number of aliphatic hydroxyl groups excluding tert-OH is 1. The lowest BCUT2D eigenvalue weighted by molar-refractivity contribution is -0.0646. The third kappa shape index (κ3) is 5.29. The molecule has 2 aromatic heterocycles. The van der Waals surface area contributed by atoms with Crippen LogP contribution >= 0.6 is 15.9 Å². The van der Waals surface area contributed by atoms with Gasteiger partial charge in [0, 0.05) is 47.4 Å². The van der Waals surface area contributed by atoms with E-state index in [1.165, 1.54) is 5.56 Å². The number of nitrogens with zero attached hydrogens (tertiary/aromatic N) is 3. The summed E-state index contributed by atoms with van der Waals surface area (Å²) in [6.07, 6.45) is 2.98. The molecule has 216 valence electrons. The van der Waals surface area contributed by atoms with Crippen molar-refractivity contribution in [3.8, 4) is 11.3 Å². The first-order valence-electron chi connectivity index (χ1n) is 14.1. The average Bonchev–Trinajstić information content (AvgIpc) is 3.22. The first-order chi connectivity index (χ1) is 19.1. The van der Waals surface area contributed by atoms with Crippen molar-refractivity contribution in [2.24, 2.45) is 5.41 Å². The number of hydrogen-bond acceptors (Lipinski definition) is 5. The molecule has 2 N–H and O–H groups in total. The Morgan fingerprint density at radius 1 is 1.25 bits per heavy atom. The van der Waals surface area contributed by atoms with Gasteiger partial charge in [0.1, 0.15) is 0 Å². The fraction of sp³-hybridized carbons (Fsp3) is 0.548. The van der Waals surface area contributed by atoms with E-state index in [-0.39, 0.29) is 36.1 Å². The maximum atomic E-state index is 12.0. The molecule has 9 heteroatoms. The lowest BCUT2D eigenvalue weighted by Crippen LogP contribution is -2.58. The van der Waals surface area contributed by atoms with Crippen LogP contribution in [0.5, 0.6) is 0 Å². The summed E-state index contributed by atoms with van der Waals surface area (Å²) in [7, 11) is 1.70. The van der Waals surface area contributed by atoms with Crippen molar-refractivity contribution in [3.05, 3.63) is 51.8 Å². The minimum atomic E-state index is -0.866. The van der Waals surface area contributed by atoms with Crippen LogP contribution in [0.25, 0.3) is 22.2 Å². The molecule has 1 aromatic carbocycles. The van der Waals surface area contributed by atoms with E-state index >= 15 is 0 Å². The summed E-state index contributed by atoms with van der Waals surface area (Å²) in [6, 6.07) is 8.35. The lowest BCUT2D eigenvalue weighted by Gasteiger charge is -2.47. The van der Waals surface area contributed by atoms with E-state index in [1.54, 1.807) is 12.0 Å². The molecule has 0 unspecified atom stereocenters. The molecule has 3 aromatic rings. The van der Waals surface area contributed by atoms with Crippen LogP contribution in [0.3, 0.4) is 0 Å². The molecule has 2 aliphatic heterocycles. The zero-order valence-electron chi connectivity index (χ0n) is 24.0. The van der Waals surface area contributed by atoms with Gasteiger partial charge >= 0.3 is 6.09 Å². The molecule has 0 spiro atoms. The second-order valence-electron chi connectivity index (χ2n) is 12.0. The number of carboxylic acid groups (broad SMARTS) is 1.